The Balaban J connectivity index is 2.84. The molecule has 0 atom stereocenters. The van der Waals surface area contributed by atoms with Crippen molar-refractivity contribution in [2.45, 2.75) is 33.6 Å². The highest BCUT2D eigenvalue weighted by Gasteiger charge is 2.07. The molecule has 1 aromatic rings. The molecule has 0 saturated carbocycles. The summed E-state index contributed by atoms with van der Waals surface area (Å²) in [5.41, 5.74) is 0.720. The molecule has 0 aliphatic rings. The fourth-order valence-corrected chi connectivity index (χ4v) is 1.45. The zero-order valence-corrected chi connectivity index (χ0v) is 11.3. The summed E-state index contributed by atoms with van der Waals surface area (Å²) in [5.74, 6) is 1.30. The van der Waals surface area contributed by atoms with Crippen LogP contribution in [0.15, 0.2) is 18.2 Å². The van der Waals surface area contributed by atoms with Gasteiger partial charge in [0.25, 0.3) is 0 Å². The quantitative estimate of drug-likeness (QED) is 0.809. The second kappa shape index (κ2) is 7.58. The van der Waals surface area contributed by atoms with Gasteiger partial charge in [-0.3, -0.25) is 4.79 Å². The number of benzene rings is 1. The minimum absolute atomic E-state index is 0.0985. The van der Waals surface area contributed by atoms with Crippen LogP contribution in [0.2, 0.25) is 0 Å². The van der Waals surface area contributed by atoms with Crippen molar-refractivity contribution in [3.8, 4) is 11.5 Å². The van der Waals surface area contributed by atoms with Crippen molar-refractivity contribution in [3.63, 3.8) is 0 Å². The number of ether oxygens (including phenoxy) is 2. The molecule has 1 aromatic carbocycles. The van der Waals surface area contributed by atoms with Crippen molar-refractivity contribution in [1.29, 1.82) is 0 Å². The van der Waals surface area contributed by atoms with E-state index in [1.54, 1.807) is 6.07 Å². The molecule has 0 radical (unpaired) electrons. The second-order valence-electron chi connectivity index (χ2n) is 4.04. The summed E-state index contributed by atoms with van der Waals surface area (Å²) < 4.78 is 11.2. The van der Waals surface area contributed by atoms with Crippen molar-refractivity contribution in [1.82, 2.24) is 0 Å². The minimum atomic E-state index is -0.0985. The average Bonchev–Trinajstić information content (AvgIpc) is 2.34. The molecule has 1 N–H and O–H groups in total. The molecule has 0 aliphatic heterocycles. The summed E-state index contributed by atoms with van der Waals surface area (Å²) >= 11 is 0. The molecule has 4 heteroatoms. The van der Waals surface area contributed by atoms with Crippen LogP contribution in [0, 0.1) is 0 Å². The first-order valence-corrected chi connectivity index (χ1v) is 6.34. The van der Waals surface area contributed by atoms with E-state index < -0.39 is 0 Å². The second-order valence-corrected chi connectivity index (χ2v) is 4.04. The van der Waals surface area contributed by atoms with E-state index in [0.717, 1.165) is 24.3 Å². The maximum absolute atomic E-state index is 11.0. The molecule has 0 aliphatic carbocycles. The van der Waals surface area contributed by atoms with Gasteiger partial charge in [0.2, 0.25) is 5.91 Å². The number of amides is 1. The molecular formula is C14H21NO3. The Morgan fingerprint density at radius 3 is 2.28 bits per heavy atom. The van der Waals surface area contributed by atoms with Crippen LogP contribution in [-0.2, 0) is 4.79 Å². The average molecular weight is 251 g/mol. The molecule has 0 unspecified atom stereocenters. The zero-order valence-electron chi connectivity index (χ0n) is 11.3. The third kappa shape index (κ3) is 4.65. The van der Waals surface area contributed by atoms with Gasteiger partial charge >= 0.3 is 0 Å². The summed E-state index contributed by atoms with van der Waals surface area (Å²) in [7, 11) is 0. The first-order valence-electron chi connectivity index (χ1n) is 6.34. The van der Waals surface area contributed by atoms with E-state index in [1.165, 1.54) is 6.92 Å². The minimum Gasteiger partial charge on any atom is -0.490 e. The van der Waals surface area contributed by atoms with Crippen LogP contribution in [0.1, 0.15) is 33.6 Å². The van der Waals surface area contributed by atoms with Crippen molar-refractivity contribution in [2.75, 3.05) is 18.5 Å². The number of hydrogen-bond donors (Lipinski definition) is 1. The summed E-state index contributed by atoms with van der Waals surface area (Å²) in [6, 6.07) is 5.43. The van der Waals surface area contributed by atoms with Gasteiger partial charge in [0, 0.05) is 18.7 Å². The molecule has 0 saturated heterocycles. The zero-order chi connectivity index (χ0) is 13.4. The molecule has 100 valence electrons. The highest BCUT2D eigenvalue weighted by molar-refractivity contribution is 5.89. The molecule has 1 rings (SSSR count). The molecule has 4 nitrogen and oxygen atoms in total. The van der Waals surface area contributed by atoms with Crippen molar-refractivity contribution >= 4 is 11.6 Å². The van der Waals surface area contributed by atoms with Crippen molar-refractivity contribution < 1.29 is 14.3 Å². The number of rotatable bonds is 7. The Morgan fingerprint density at radius 2 is 1.72 bits per heavy atom. The number of anilines is 1. The van der Waals surface area contributed by atoms with Gasteiger partial charge in [-0.2, -0.15) is 0 Å². The van der Waals surface area contributed by atoms with E-state index in [-0.39, 0.29) is 5.91 Å². The Morgan fingerprint density at radius 1 is 1.11 bits per heavy atom. The molecule has 0 bridgehead atoms. The Labute approximate surface area is 108 Å². The summed E-state index contributed by atoms with van der Waals surface area (Å²) in [6.45, 7) is 6.87. The Kier molecular flexibility index (Phi) is 6.05. The molecular weight excluding hydrogens is 230 g/mol. The Bertz CT molecular complexity index is 391. The van der Waals surface area contributed by atoms with Gasteiger partial charge in [-0.25, -0.2) is 0 Å². The first-order chi connectivity index (χ1) is 8.67. The van der Waals surface area contributed by atoms with Crippen molar-refractivity contribution in [3.05, 3.63) is 18.2 Å². The number of hydrogen-bond acceptors (Lipinski definition) is 3. The van der Waals surface area contributed by atoms with Gasteiger partial charge in [0.1, 0.15) is 0 Å². The largest absolute Gasteiger partial charge is 0.490 e. The smallest absolute Gasteiger partial charge is 0.221 e. The first kappa shape index (κ1) is 14.4. The van der Waals surface area contributed by atoms with Gasteiger partial charge in [-0.15, -0.1) is 0 Å². The van der Waals surface area contributed by atoms with E-state index >= 15 is 0 Å². The van der Waals surface area contributed by atoms with Gasteiger partial charge in [0.05, 0.1) is 13.2 Å². The van der Waals surface area contributed by atoms with Gasteiger partial charge in [-0.1, -0.05) is 13.8 Å². The number of carbonyl (C=O) groups excluding carboxylic acids is 1. The summed E-state index contributed by atoms with van der Waals surface area (Å²) in [4.78, 5) is 11.0. The number of nitrogens with one attached hydrogen (secondary N) is 1. The fourth-order valence-electron chi connectivity index (χ4n) is 1.45. The van der Waals surface area contributed by atoms with E-state index in [0.29, 0.717) is 19.0 Å². The van der Waals surface area contributed by atoms with Crippen LogP contribution in [-0.4, -0.2) is 19.1 Å². The Hall–Kier alpha value is -1.71. The lowest BCUT2D eigenvalue weighted by Gasteiger charge is -2.13. The molecule has 0 spiro atoms. The highest BCUT2D eigenvalue weighted by Crippen LogP contribution is 2.30. The lowest BCUT2D eigenvalue weighted by molar-refractivity contribution is -0.114. The van der Waals surface area contributed by atoms with E-state index in [2.05, 4.69) is 12.2 Å². The maximum Gasteiger partial charge on any atom is 0.221 e. The van der Waals surface area contributed by atoms with Crippen LogP contribution >= 0.6 is 0 Å². The maximum atomic E-state index is 11.0. The van der Waals surface area contributed by atoms with Crippen LogP contribution in [0.3, 0.4) is 0 Å². The molecule has 0 heterocycles. The normalized spacial score (nSPS) is 9.94. The van der Waals surface area contributed by atoms with Crippen LogP contribution in [0.4, 0.5) is 5.69 Å². The fraction of sp³-hybridized carbons (Fsp3) is 0.500. The third-order valence-electron chi connectivity index (χ3n) is 2.19. The van der Waals surface area contributed by atoms with E-state index in [4.69, 9.17) is 9.47 Å². The predicted molar refractivity (Wildman–Crippen MR) is 72.3 cm³/mol. The number of carbonyl (C=O) groups is 1. The van der Waals surface area contributed by atoms with Gasteiger partial charge < -0.3 is 14.8 Å². The predicted octanol–water partition coefficient (Wildman–Crippen LogP) is 3.22. The highest BCUT2D eigenvalue weighted by atomic mass is 16.5. The molecule has 1 amide bonds. The van der Waals surface area contributed by atoms with Crippen LogP contribution in [0.5, 0.6) is 11.5 Å². The third-order valence-corrected chi connectivity index (χ3v) is 2.19. The van der Waals surface area contributed by atoms with Crippen LogP contribution in [0.25, 0.3) is 0 Å². The van der Waals surface area contributed by atoms with E-state index in [9.17, 15) is 4.79 Å². The monoisotopic (exact) mass is 251 g/mol. The topological polar surface area (TPSA) is 47.6 Å². The van der Waals surface area contributed by atoms with Gasteiger partial charge in [0.15, 0.2) is 11.5 Å². The van der Waals surface area contributed by atoms with Crippen LogP contribution < -0.4 is 14.8 Å². The SMILES string of the molecule is CCCOc1ccc(NC(C)=O)cc1OCCC. The molecule has 0 fully saturated rings. The standard InChI is InChI=1S/C14H21NO3/c1-4-8-17-13-7-6-12(15-11(3)16)10-14(13)18-9-5-2/h6-7,10H,4-5,8-9H2,1-3H3,(H,15,16). The lowest BCUT2D eigenvalue weighted by Crippen LogP contribution is -2.07. The van der Waals surface area contributed by atoms with E-state index in [1.807, 2.05) is 19.1 Å². The summed E-state index contributed by atoms with van der Waals surface area (Å²) in [6.07, 6.45) is 1.87. The lowest BCUT2D eigenvalue weighted by atomic mass is 10.2. The molecule has 0 aromatic heterocycles. The van der Waals surface area contributed by atoms with Gasteiger partial charge in [-0.05, 0) is 25.0 Å². The summed E-state index contributed by atoms with van der Waals surface area (Å²) in [5, 5.41) is 2.73. The van der Waals surface area contributed by atoms with Crippen molar-refractivity contribution in [2.24, 2.45) is 0 Å². The molecule has 18 heavy (non-hydrogen) atoms.